The first-order valence-electron chi connectivity index (χ1n) is 3.63. The Morgan fingerprint density at radius 3 is 2.79 bits per heavy atom. The predicted octanol–water partition coefficient (Wildman–Crippen LogP) is 1.98. The molecule has 6 heteroatoms. The smallest absolute Gasteiger partial charge is 0.264 e. The van der Waals surface area contributed by atoms with Gasteiger partial charge in [0.15, 0.2) is 0 Å². The van der Waals surface area contributed by atoms with E-state index in [4.69, 9.17) is 5.26 Å². The second-order valence-corrected chi connectivity index (χ2v) is 3.60. The van der Waals surface area contributed by atoms with Crippen LogP contribution in [0, 0.1) is 15.0 Å². The molecule has 1 N–H and O–H groups in total. The number of alkyl halides is 2. The Morgan fingerprint density at radius 1 is 1.64 bits per heavy atom. The second kappa shape index (κ2) is 4.50. The third-order valence-electron chi connectivity index (χ3n) is 1.62. The standard InChI is InChI=1S/C8H5F2IN2O/c9-7(10)5-3-6(14)13-8(11)4(5)1-2-12/h3,7H,1H2,(H,13,14). The summed E-state index contributed by atoms with van der Waals surface area (Å²) in [6.45, 7) is 0. The van der Waals surface area contributed by atoms with Crippen molar-refractivity contribution in [1.82, 2.24) is 4.98 Å². The predicted molar refractivity (Wildman–Crippen MR) is 54.1 cm³/mol. The summed E-state index contributed by atoms with van der Waals surface area (Å²) >= 11 is 1.73. The molecular formula is C8H5F2IN2O. The van der Waals surface area contributed by atoms with Crippen molar-refractivity contribution in [3.05, 3.63) is 31.2 Å². The van der Waals surface area contributed by atoms with Crippen LogP contribution in [-0.4, -0.2) is 4.98 Å². The average Bonchev–Trinajstić information content (AvgIpc) is 2.09. The number of hydrogen-bond donors (Lipinski definition) is 1. The lowest BCUT2D eigenvalue weighted by atomic mass is 10.1. The lowest BCUT2D eigenvalue weighted by Crippen LogP contribution is -2.12. The molecule has 0 atom stereocenters. The zero-order chi connectivity index (χ0) is 10.7. The van der Waals surface area contributed by atoms with Gasteiger partial charge in [0.1, 0.15) is 0 Å². The molecule has 0 radical (unpaired) electrons. The van der Waals surface area contributed by atoms with Crippen LogP contribution in [0.25, 0.3) is 0 Å². The SMILES string of the molecule is N#CCc1c(C(F)F)cc(=O)[nH]c1I. The monoisotopic (exact) mass is 310 g/mol. The summed E-state index contributed by atoms with van der Waals surface area (Å²) < 4.78 is 25.2. The minimum Gasteiger partial charge on any atom is -0.317 e. The number of halogens is 3. The Balaban J connectivity index is 3.38. The molecule has 3 nitrogen and oxygen atoms in total. The van der Waals surface area contributed by atoms with Crippen LogP contribution in [0.3, 0.4) is 0 Å². The Labute approximate surface area is 91.9 Å². The van der Waals surface area contributed by atoms with E-state index in [1.165, 1.54) is 0 Å². The minimum atomic E-state index is -2.73. The van der Waals surface area contributed by atoms with Crippen molar-refractivity contribution in [2.45, 2.75) is 12.8 Å². The summed E-state index contributed by atoms with van der Waals surface area (Å²) in [5.41, 5.74) is -0.742. The van der Waals surface area contributed by atoms with Crippen molar-refractivity contribution in [3.63, 3.8) is 0 Å². The molecule has 0 fully saturated rings. The maximum Gasteiger partial charge on any atom is 0.264 e. The van der Waals surface area contributed by atoms with Crippen molar-refractivity contribution in [2.75, 3.05) is 0 Å². The van der Waals surface area contributed by atoms with Gasteiger partial charge in [0, 0.05) is 17.2 Å². The van der Waals surface area contributed by atoms with E-state index in [9.17, 15) is 13.6 Å². The number of nitrogens with zero attached hydrogens (tertiary/aromatic N) is 1. The molecule has 0 spiro atoms. The van der Waals surface area contributed by atoms with Gasteiger partial charge in [-0.3, -0.25) is 4.79 Å². The van der Waals surface area contributed by atoms with E-state index in [0.29, 0.717) is 3.70 Å². The molecule has 0 saturated heterocycles. The summed E-state index contributed by atoms with van der Waals surface area (Å²) in [5, 5.41) is 8.43. The first kappa shape index (κ1) is 11.1. The third-order valence-corrected chi connectivity index (χ3v) is 2.54. The number of aromatic amines is 1. The van der Waals surface area contributed by atoms with Crippen molar-refractivity contribution in [1.29, 1.82) is 5.26 Å². The molecular weight excluding hydrogens is 305 g/mol. The van der Waals surface area contributed by atoms with Crippen molar-refractivity contribution >= 4 is 22.6 Å². The van der Waals surface area contributed by atoms with Gasteiger partial charge < -0.3 is 4.98 Å². The van der Waals surface area contributed by atoms with Crippen LogP contribution < -0.4 is 5.56 Å². The Kier molecular flexibility index (Phi) is 3.57. The van der Waals surface area contributed by atoms with Crippen LogP contribution in [0.2, 0.25) is 0 Å². The van der Waals surface area contributed by atoms with Crippen LogP contribution in [0.5, 0.6) is 0 Å². The highest BCUT2D eigenvalue weighted by atomic mass is 127. The first-order chi connectivity index (χ1) is 6.56. The fourth-order valence-corrected chi connectivity index (χ4v) is 1.80. The number of rotatable bonds is 2. The molecule has 0 aromatic carbocycles. The minimum absolute atomic E-state index is 0.130. The van der Waals surface area contributed by atoms with Gasteiger partial charge in [0.25, 0.3) is 6.43 Å². The summed E-state index contributed by atoms with van der Waals surface area (Å²) in [5.74, 6) is 0. The Morgan fingerprint density at radius 2 is 2.29 bits per heavy atom. The lowest BCUT2D eigenvalue weighted by molar-refractivity contribution is 0.150. The fourth-order valence-electron chi connectivity index (χ4n) is 1.03. The molecule has 14 heavy (non-hydrogen) atoms. The van der Waals surface area contributed by atoms with Crippen LogP contribution in [0.1, 0.15) is 17.6 Å². The van der Waals surface area contributed by atoms with Crippen LogP contribution in [-0.2, 0) is 6.42 Å². The lowest BCUT2D eigenvalue weighted by Gasteiger charge is -2.06. The van der Waals surface area contributed by atoms with Crippen molar-refractivity contribution in [2.24, 2.45) is 0 Å². The molecule has 1 rings (SSSR count). The van der Waals surface area contributed by atoms with E-state index in [0.717, 1.165) is 6.07 Å². The van der Waals surface area contributed by atoms with E-state index in [2.05, 4.69) is 4.98 Å². The highest BCUT2D eigenvalue weighted by Crippen LogP contribution is 2.24. The zero-order valence-corrected chi connectivity index (χ0v) is 9.01. The van der Waals surface area contributed by atoms with Gasteiger partial charge in [-0.1, -0.05) is 0 Å². The van der Waals surface area contributed by atoms with Crippen LogP contribution in [0.4, 0.5) is 8.78 Å². The molecule has 1 heterocycles. The van der Waals surface area contributed by atoms with Gasteiger partial charge in [0.2, 0.25) is 5.56 Å². The highest BCUT2D eigenvalue weighted by molar-refractivity contribution is 14.1. The van der Waals surface area contributed by atoms with Gasteiger partial charge in [-0.15, -0.1) is 0 Å². The van der Waals surface area contributed by atoms with Gasteiger partial charge in [-0.05, 0) is 22.6 Å². The van der Waals surface area contributed by atoms with Gasteiger partial charge in [0.05, 0.1) is 16.2 Å². The normalized spacial score (nSPS) is 10.2. The highest BCUT2D eigenvalue weighted by Gasteiger charge is 2.16. The molecule has 1 aromatic heterocycles. The molecule has 0 aliphatic carbocycles. The maximum atomic E-state index is 12.4. The van der Waals surface area contributed by atoms with Crippen molar-refractivity contribution < 1.29 is 8.78 Å². The van der Waals surface area contributed by atoms with E-state index in [1.54, 1.807) is 28.7 Å². The van der Waals surface area contributed by atoms with Crippen LogP contribution in [0.15, 0.2) is 10.9 Å². The zero-order valence-electron chi connectivity index (χ0n) is 6.85. The largest absolute Gasteiger partial charge is 0.317 e. The molecule has 0 bridgehead atoms. The third kappa shape index (κ3) is 2.29. The van der Waals surface area contributed by atoms with E-state index < -0.39 is 12.0 Å². The Hall–Kier alpha value is -0.970. The van der Waals surface area contributed by atoms with E-state index >= 15 is 0 Å². The maximum absolute atomic E-state index is 12.4. The number of pyridine rings is 1. The summed E-state index contributed by atoms with van der Waals surface area (Å²) in [4.78, 5) is 13.3. The Bertz CT molecular complexity index is 436. The van der Waals surface area contributed by atoms with Crippen molar-refractivity contribution in [3.8, 4) is 6.07 Å². The summed E-state index contributed by atoms with van der Waals surface area (Å²) in [7, 11) is 0. The second-order valence-electron chi connectivity index (χ2n) is 2.52. The van der Waals surface area contributed by atoms with Gasteiger partial charge in [-0.25, -0.2) is 8.78 Å². The molecule has 1 aromatic rings. The number of nitrogens with one attached hydrogen (secondary N) is 1. The molecule has 0 saturated carbocycles. The fraction of sp³-hybridized carbons (Fsp3) is 0.250. The molecule has 0 aliphatic heterocycles. The quantitative estimate of drug-likeness (QED) is 0.671. The molecule has 74 valence electrons. The van der Waals surface area contributed by atoms with E-state index in [-0.39, 0.29) is 17.5 Å². The average molecular weight is 310 g/mol. The van der Waals surface area contributed by atoms with Gasteiger partial charge in [-0.2, -0.15) is 5.26 Å². The first-order valence-corrected chi connectivity index (χ1v) is 4.71. The number of aromatic nitrogens is 1. The molecule has 0 amide bonds. The van der Waals surface area contributed by atoms with Gasteiger partial charge >= 0.3 is 0 Å². The number of hydrogen-bond acceptors (Lipinski definition) is 2. The topological polar surface area (TPSA) is 56.6 Å². The van der Waals surface area contributed by atoms with E-state index in [1.807, 2.05) is 0 Å². The molecule has 0 aliphatic rings. The summed E-state index contributed by atoms with van der Waals surface area (Å²) in [6.07, 6.45) is -2.86. The summed E-state index contributed by atoms with van der Waals surface area (Å²) in [6, 6.07) is 2.61. The number of H-pyrrole nitrogens is 1. The van der Waals surface area contributed by atoms with Crippen LogP contribution >= 0.6 is 22.6 Å². The number of nitriles is 1. The molecule has 0 unspecified atom stereocenters.